The van der Waals surface area contributed by atoms with E-state index in [0.29, 0.717) is 6.54 Å². The molecular weight excluding hydrogens is 332 g/mol. The van der Waals surface area contributed by atoms with Crippen LogP contribution in [0.1, 0.15) is 31.2 Å². The summed E-state index contributed by atoms with van der Waals surface area (Å²) in [6, 6.07) is 5.88. The van der Waals surface area contributed by atoms with E-state index in [9.17, 15) is 4.79 Å². The molecule has 0 aliphatic carbocycles. The van der Waals surface area contributed by atoms with Crippen molar-refractivity contribution in [1.82, 2.24) is 10.2 Å². The van der Waals surface area contributed by atoms with E-state index >= 15 is 0 Å². The summed E-state index contributed by atoms with van der Waals surface area (Å²) >= 11 is 0. The van der Waals surface area contributed by atoms with Gasteiger partial charge >= 0.3 is 0 Å². The molecule has 1 aromatic rings. The zero-order chi connectivity index (χ0) is 18.4. The van der Waals surface area contributed by atoms with Gasteiger partial charge < -0.3 is 19.5 Å². The Morgan fingerprint density at radius 3 is 2.69 bits per heavy atom. The number of benzene rings is 1. The highest BCUT2D eigenvalue weighted by Crippen LogP contribution is 2.27. The second kappa shape index (κ2) is 9.24. The Morgan fingerprint density at radius 1 is 1.23 bits per heavy atom. The van der Waals surface area contributed by atoms with E-state index in [2.05, 4.69) is 10.2 Å². The topological polar surface area (TPSA) is 60.0 Å². The number of nitrogens with one attached hydrogen (secondary N) is 1. The number of carbonyl (C=O) groups is 1. The summed E-state index contributed by atoms with van der Waals surface area (Å²) in [5.41, 5.74) is 1.12. The summed E-state index contributed by atoms with van der Waals surface area (Å²) in [5.74, 6) is 2.00. The van der Waals surface area contributed by atoms with Crippen LogP contribution in [0, 0.1) is 5.92 Å². The Kier molecular flexibility index (Phi) is 6.74. The molecule has 2 fully saturated rings. The molecule has 26 heavy (non-hydrogen) atoms. The largest absolute Gasteiger partial charge is 0.497 e. The van der Waals surface area contributed by atoms with Crippen molar-refractivity contribution in [2.45, 2.75) is 38.3 Å². The van der Waals surface area contributed by atoms with Crippen LogP contribution in [0.4, 0.5) is 0 Å². The maximum Gasteiger partial charge on any atom is 0.223 e. The van der Waals surface area contributed by atoms with Gasteiger partial charge in [-0.2, -0.15) is 0 Å². The van der Waals surface area contributed by atoms with Crippen molar-refractivity contribution in [3.8, 4) is 11.5 Å². The van der Waals surface area contributed by atoms with Crippen molar-refractivity contribution < 1.29 is 19.0 Å². The fourth-order valence-corrected chi connectivity index (χ4v) is 3.76. The number of methoxy groups -OCH3 is 2. The van der Waals surface area contributed by atoms with Gasteiger partial charge in [0.25, 0.3) is 0 Å². The second-order valence-corrected chi connectivity index (χ2v) is 7.11. The fraction of sp³-hybridized carbons (Fsp3) is 0.650. The molecule has 1 atom stereocenters. The zero-order valence-corrected chi connectivity index (χ0v) is 15.8. The quantitative estimate of drug-likeness (QED) is 0.806. The lowest BCUT2D eigenvalue weighted by Crippen LogP contribution is -2.42. The molecule has 1 N–H and O–H groups in total. The van der Waals surface area contributed by atoms with Crippen molar-refractivity contribution >= 4 is 5.91 Å². The lowest BCUT2D eigenvalue weighted by atomic mass is 9.95. The molecule has 144 valence electrons. The van der Waals surface area contributed by atoms with Crippen LogP contribution in [-0.2, 0) is 16.1 Å². The summed E-state index contributed by atoms with van der Waals surface area (Å²) in [6.07, 6.45) is 4.15. The normalized spacial score (nSPS) is 21.5. The lowest BCUT2D eigenvalue weighted by molar-refractivity contribution is -0.127. The first-order valence-electron chi connectivity index (χ1n) is 9.52. The number of piperidine rings is 1. The minimum absolute atomic E-state index is 0.111. The number of hydrogen-bond acceptors (Lipinski definition) is 5. The van der Waals surface area contributed by atoms with Crippen LogP contribution >= 0.6 is 0 Å². The van der Waals surface area contributed by atoms with Gasteiger partial charge in [-0.1, -0.05) is 0 Å². The zero-order valence-electron chi connectivity index (χ0n) is 15.8. The summed E-state index contributed by atoms with van der Waals surface area (Å²) in [7, 11) is 3.36. The van der Waals surface area contributed by atoms with Crippen LogP contribution < -0.4 is 14.8 Å². The van der Waals surface area contributed by atoms with E-state index in [4.69, 9.17) is 14.2 Å². The molecule has 0 spiro atoms. The Labute approximate surface area is 155 Å². The van der Waals surface area contributed by atoms with Gasteiger partial charge in [-0.15, -0.1) is 0 Å². The van der Waals surface area contributed by atoms with Crippen molar-refractivity contribution in [1.29, 1.82) is 0 Å². The van der Waals surface area contributed by atoms with Gasteiger partial charge in [-0.05, 0) is 57.0 Å². The van der Waals surface area contributed by atoms with Crippen molar-refractivity contribution in [3.63, 3.8) is 0 Å². The molecule has 2 aliphatic heterocycles. The Morgan fingerprint density at radius 2 is 2.04 bits per heavy atom. The van der Waals surface area contributed by atoms with Gasteiger partial charge in [0, 0.05) is 31.2 Å². The molecule has 0 radical (unpaired) electrons. The van der Waals surface area contributed by atoms with E-state index in [-0.39, 0.29) is 17.9 Å². The van der Waals surface area contributed by atoms with Gasteiger partial charge in [0.05, 0.1) is 20.3 Å². The summed E-state index contributed by atoms with van der Waals surface area (Å²) in [5, 5.41) is 3.07. The molecule has 6 heteroatoms. The first-order valence-corrected chi connectivity index (χ1v) is 9.52. The Balaban J connectivity index is 1.46. The predicted octanol–water partition coefficient (Wildman–Crippen LogP) is 2.21. The molecular formula is C20H30N2O4. The Bertz CT molecular complexity index is 593. The van der Waals surface area contributed by atoms with Gasteiger partial charge in [0.1, 0.15) is 11.5 Å². The third kappa shape index (κ3) is 4.89. The van der Waals surface area contributed by atoms with E-state index in [0.717, 1.165) is 69.0 Å². The van der Waals surface area contributed by atoms with Crippen molar-refractivity contribution in [2.24, 2.45) is 5.92 Å². The summed E-state index contributed by atoms with van der Waals surface area (Å²) in [6.45, 7) is 4.12. The van der Waals surface area contributed by atoms with Crippen LogP contribution in [0.15, 0.2) is 18.2 Å². The average Bonchev–Trinajstić information content (AvgIpc) is 3.20. The molecule has 1 aromatic carbocycles. The minimum Gasteiger partial charge on any atom is -0.497 e. The molecule has 0 aromatic heterocycles. The molecule has 6 nitrogen and oxygen atoms in total. The summed E-state index contributed by atoms with van der Waals surface area (Å²) < 4.78 is 16.4. The van der Waals surface area contributed by atoms with Crippen LogP contribution in [-0.4, -0.2) is 57.4 Å². The third-order valence-corrected chi connectivity index (χ3v) is 5.37. The molecule has 0 saturated carbocycles. The van der Waals surface area contributed by atoms with Crippen molar-refractivity contribution in [2.75, 3.05) is 40.5 Å². The molecule has 0 bridgehead atoms. The molecule has 2 aliphatic rings. The highest BCUT2D eigenvalue weighted by molar-refractivity contribution is 5.78. The van der Waals surface area contributed by atoms with Gasteiger partial charge in [-0.25, -0.2) is 0 Å². The van der Waals surface area contributed by atoms with Crippen LogP contribution in [0.25, 0.3) is 0 Å². The monoisotopic (exact) mass is 362 g/mol. The Hall–Kier alpha value is -1.79. The smallest absolute Gasteiger partial charge is 0.223 e. The van der Waals surface area contributed by atoms with E-state index in [1.54, 1.807) is 14.2 Å². The number of hydrogen-bond donors (Lipinski definition) is 1. The van der Waals surface area contributed by atoms with Gasteiger partial charge in [0.2, 0.25) is 5.91 Å². The first-order chi connectivity index (χ1) is 12.7. The van der Waals surface area contributed by atoms with Crippen molar-refractivity contribution in [3.05, 3.63) is 23.8 Å². The SMILES string of the molecule is COc1ccc(OC)c(CN2CCC(C(=O)NC[C@@H]3CCCO3)CC2)c1. The standard InChI is InChI=1S/C20H30N2O4/c1-24-17-5-6-19(25-2)16(12-17)14-22-9-7-15(8-10-22)20(23)21-13-18-4-3-11-26-18/h5-6,12,15,18H,3-4,7-11,13-14H2,1-2H3,(H,21,23)/t18-/m0/s1. The second-order valence-electron chi connectivity index (χ2n) is 7.11. The molecule has 2 saturated heterocycles. The average molecular weight is 362 g/mol. The number of carbonyl (C=O) groups excluding carboxylic acids is 1. The van der Waals surface area contributed by atoms with E-state index in [1.807, 2.05) is 18.2 Å². The van der Waals surface area contributed by atoms with Gasteiger partial charge in [0.15, 0.2) is 0 Å². The van der Waals surface area contributed by atoms with Crippen LogP contribution in [0.3, 0.4) is 0 Å². The lowest BCUT2D eigenvalue weighted by Gasteiger charge is -2.31. The molecule has 2 heterocycles. The molecule has 0 unspecified atom stereocenters. The fourth-order valence-electron chi connectivity index (χ4n) is 3.76. The number of ether oxygens (including phenoxy) is 3. The highest BCUT2D eigenvalue weighted by atomic mass is 16.5. The van der Waals surface area contributed by atoms with E-state index < -0.39 is 0 Å². The summed E-state index contributed by atoms with van der Waals surface area (Å²) in [4.78, 5) is 14.8. The number of likely N-dealkylation sites (tertiary alicyclic amines) is 1. The minimum atomic E-state index is 0.111. The third-order valence-electron chi connectivity index (χ3n) is 5.37. The number of nitrogens with zero attached hydrogens (tertiary/aromatic N) is 1. The van der Waals surface area contributed by atoms with Gasteiger partial charge in [-0.3, -0.25) is 9.69 Å². The number of rotatable bonds is 7. The van der Waals surface area contributed by atoms with E-state index in [1.165, 1.54) is 0 Å². The maximum absolute atomic E-state index is 12.4. The predicted molar refractivity (Wildman–Crippen MR) is 99.5 cm³/mol. The maximum atomic E-state index is 12.4. The molecule has 1 amide bonds. The van der Waals surface area contributed by atoms with Crippen LogP contribution in [0.2, 0.25) is 0 Å². The highest BCUT2D eigenvalue weighted by Gasteiger charge is 2.26. The first kappa shape index (κ1) is 19.0. The molecule has 3 rings (SSSR count). The van der Waals surface area contributed by atoms with Crippen LogP contribution in [0.5, 0.6) is 11.5 Å². The number of amides is 1.